The van der Waals surface area contributed by atoms with Crippen LogP contribution >= 0.6 is 0 Å². The predicted molar refractivity (Wildman–Crippen MR) is 37.6 cm³/mol. The van der Waals surface area contributed by atoms with Gasteiger partial charge in [0, 0.05) is 14.1 Å². The standard InChI is InChI=1S/C6H15N3/c1-5-7-6(2)9(4)8(5)3/h5-7H,1-4H3. The monoisotopic (exact) mass is 129 g/mol. The smallest absolute Gasteiger partial charge is 0.0716 e. The van der Waals surface area contributed by atoms with Crippen molar-refractivity contribution in [3.05, 3.63) is 0 Å². The van der Waals surface area contributed by atoms with Crippen LogP contribution in [0.15, 0.2) is 0 Å². The highest BCUT2D eigenvalue weighted by Crippen LogP contribution is 2.08. The number of nitrogens with one attached hydrogen (secondary N) is 1. The summed E-state index contributed by atoms with van der Waals surface area (Å²) >= 11 is 0. The summed E-state index contributed by atoms with van der Waals surface area (Å²) in [5, 5.41) is 7.74. The van der Waals surface area contributed by atoms with Crippen molar-refractivity contribution in [2.45, 2.75) is 26.2 Å². The first kappa shape index (κ1) is 6.99. The average molecular weight is 129 g/mol. The van der Waals surface area contributed by atoms with Crippen molar-refractivity contribution in [2.75, 3.05) is 14.1 Å². The van der Waals surface area contributed by atoms with E-state index in [0.29, 0.717) is 12.3 Å². The van der Waals surface area contributed by atoms with Crippen LogP contribution in [0, 0.1) is 0 Å². The highest BCUT2D eigenvalue weighted by Gasteiger charge is 2.26. The zero-order chi connectivity index (χ0) is 7.02. The molecule has 0 aliphatic carbocycles. The Morgan fingerprint density at radius 3 is 1.44 bits per heavy atom. The number of hydrazine groups is 1. The van der Waals surface area contributed by atoms with Gasteiger partial charge in [0.2, 0.25) is 0 Å². The normalized spacial score (nSPS) is 40.0. The Balaban J connectivity index is 2.54. The van der Waals surface area contributed by atoms with Crippen molar-refractivity contribution in [3.63, 3.8) is 0 Å². The number of hydrogen-bond donors (Lipinski definition) is 1. The van der Waals surface area contributed by atoms with Gasteiger partial charge in [0.05, 0.1) is 12.3 Å². The van der Waals surface area contributed by atoms with E-state index in [1.165, 1.54) is 0 Å². The maximum Gasteiger partial charge on any atom is 0.0716 e. The molecule has 2 atom stereocenters. The van der Waals surface area contributed by atoms with Crippen LogP contribution in [0.5, 0.6) is 0 Å². The molecule has 0 aromatic carbocycles. The molecule has 1 aliphatic heterocycles. The Hall–Kier alpha value is -0.120. The summed E-state index contributed by atoms with van der Waals surface area (Å²) in [4.78, 5) is 0. The lowest BCUT2D eigenvalue weighted by Crippen LogP contribution is -2.35. The van der Waals surface area contributed by atoms with Gasteiger partial charge in [-0.25, -0.2) is 10.0 Å². The molecular formula is C6H15N3. The molecule has 0 spiro atoms. The lowest BCUT2D eigenvalue weighted by atomic mass is 10.5. The highest BCUT2D eigenvalue weighted by atomic mass is 15.7. The van der Waals surface area contributed by atoms with Crippen molar-refractivity contribution < 1.29 is 0 Å². The largest absolute Gasteiger partial charge is 0.285 e. The molecule has 9 heavy (non-hydrogen) atoms. The molecule has 1 aliphatic rings. The van der Waals surface area contributed by atoms with Gasteiger partial charge in [-0.2, -0.15) is 0 Å². The molecule has 0 radical (unpaired) electrons. The summed E-state index contributed by atoms with van der Waals surface area (Å²) in [6, 6.07) is 0. The van der Waals surface area contributed by atoms with E-state index >= 15 is 0 Å². The fourth-order valence-corrected chi connectivity index (χ4v) is 1.11. The van der Waals surface area contributed by atoms with Crippen LogP contribution in [0.2, 0.25) is 0 Å². The second-order valence-corrected chi connectivity index (χ2v) is 2.67. The van der Waals surface area contributed by atoms with Gasteiger partial charge < -0.3 is 0 Å². The van der Waals surface area contributed by atoms with Crippen LogP contribution in [0.1, 0.15) is 13.8 Å². The predicted octanol–water partition coefficient (Wildman–Crippen LogP) is 0.0602. The topological polar surface area (TPSA) is 18.5 Å². The van der Waals surface area contributed by atoms with Gasteiger partial charge in [0.25, 0.3) is 0 Å². The Morgan fingerprint density at radius 2 is 1.33 bits per heavy atom. The van der Waals surface area contributed by atoms with Crippen molar-refractivity contribution in [3.8, 4) is 0 Å². The minimum absolute atomic E-state index is 0.477. The van der Waals surface area contributed by atoms with Gasteiger partial charge in [-0.1, -0.05) is 0 Å². The average Bonchev–Trinajstić information content (AvgIpc) is 1.98. The van der Waals surface area contributed by atoms with Gasteiger partial charge in [-0.15, -0.1) is 0 Å². The Morgan fingerprint density at radius 1 is 1.00 bits per heavy atom. The van der Waals surface area contributed by atoms with Gasteiger partial charge in [-0.3, -0.25) is 5.32 Å². The molecule has 1 fully saturated rings. The third kappa shape index (κ3) is 1.08. The molecule has 1 saturated heterocycles. The molecule has 1 rings (SSSR count). The summed E-state index contributed by atoms with van der Waals surface area (Å²) in [5.74, 6) is 0. The molecule has 3 nitrogen and oxygen atoms in total. The van der Waals surface area contributed by atoms with Crippen LogP contribution in [0.4, 0.5) is 0 Å². The van der Waals surface area contributed by atoms with Crippen LogP contribution in [0.3, 0.4) is 0 Å². The number of hydrogen-bond acceptors (Lipinski definition) is 3. The lowest BCUT2D eigenvalue weighted by molar-refractivity contribution is 0.0357. The molecule has 1 heterocycles. The second-order valence-electron chi connectivity index (χ2n) is 2.67. The first-order valence-corrected chi connectivity index (χ1v) is 3.34. The molecule has 0 saturated carbocycles. The Labute approximate surface area is 56.6 Å². The van der Waals surface area contributed by atoms with Crippen LogP contribution in [-0.2, 0) is 0 Å². The van der Waals surface area contributed by atoms with Crippen molar-refractivity contribution in [1.29, 1.82) is 0 Å². The minimum atomic E-state index is 0.477. The molecule has 0 amide bonds. The van der Waals surface area contributed by atoms with Crippen LogP contribution < -0.4 is 5.32 Å². The Bertz CT molecular complexity index is 92.5. The van der Waals surface area contributed by atoms with Gasteiger partial charge in [0.1, 0.15) is 0 Å². The van der Waals surface area contributed by atoms with E-state index in [4.69, 9.17) is 0 Å². The van der Waals surface area contributed by atoms with Gasteiger partial charge in [-0.05, 0) is 13.8 Å². The van der Waals surface area contributed by atoms with Crippen LogP contribution in [-0.4, -0.2) is 36.4 Å². The SMILES string of the molecule is CC1NC(C)N(C)N1C. The van der Waals surface area contributed by atoms with Gasteiger partial charge in [0.15, 0.2) is 0 Å². The second kappa shape index (κ2) is 2.25. The quantitative estimate of drug-likeness (QED) is 0.499. The third-order valence-corrected chi connectivity index (χ3v) is 2.10. The van der Waals surface area contributed by atoms with Crippen molar-refractivity contribution >= 4 is 0 Å². The van der Waals surface area contributed by atoms with E-state index in [1.807, 2.05) is 0 Å². The summed E-state index contributed by atoms with van der Waals surface area (Å²) in [6.07, 6.45) is 0.954. The summed E-state index contributed by atoms with van der Waals surface area (Å²) in [7, 11) is 4.17. The molecular weight excluding hydrogens is 114 g/mol. The summed E-state index contributed by atoms with van der Waals surface area (Å²) in [6.45, 7) is 4.31. The van der Waals surface area contributed by atoms with E-state index < -0.39 is 0 Å². The fourth-order valence-electron chi connectivity index (χ4n) is 1.11. The van der Waals surface area contributed by atoms with E-state index in [-0.39, 0.29) is 0 Å². The zero-order valence-electron chi connectivity index (χ0n) is 6.55. The van der Waals surface area contributed by atoms with Gasteiger partial charge >= 0.3 is 0 Å². The van der Waals surface area contributed by atoms with Crippen molar-refractivity contribution in [1.82, 2.24) is 15.3 Å². The zero-order valence-corrected chi connectivity index (χ0v) is 6.55. The molecule has 0 aromatic heterocycles. The molecule has 1 N–H and O–H groups in total. The molecule has 54 valence electrons. The minimum Gasteiger partial charge on any atom is -0.285 e. The van der Waals surface area contributed by atoms with E-state index in [9.17, 15) is 0 Å². The highest BCUT2D eigenvalue weighted by molar-refractivity contribution is 4.71. The first-order chi connectivity index (χ1) is 4.13. The van der Waals surface area contributed by atoms with E-state index in [1.54, 1.807) is 0 Å². The molecule has 0 bridgehead atoms. The summed E-state index contributed by atoms with van der Waals surface area (Å²) < 4.78 is 0. The molecule has 2 unspecified atom stereocenters. The Kier molecular flexibility index (Phi) is 1.75. The lowest BCUT2D eigenvalue weighted by Gasteiger charge is -2.22. The first-order valence-electron chi connectivity index (χ1n) is 3.34. The number of nitrogens with zero attached hydrogens (tertiary/aromatic N) is 2. The fraction of sp³-hybridized carbons (Fsp3) is 1.00. The van der Waals surface area contributed by atoms with E-state index in [2.05, 4.69) is 43.3 Å². The van der Waals surface area contributed by atoms with Crippen LogP contribution in [0.25, 0.3) is 0 Å². The van der Waals surface area contributed by atoms with E-state index in [0.717, 1.165) is 0 Å². The molecule has 3 heteroatoms. The maximum atomic E-state index is 3.37. The molecule has 0 aromatic rings. The number of rotatable bonds is 0. The maximum absolute atomic E-state index is 3.37. The summed E-state index contributed by atoms with van der Waals surface area (Å²) in [5.41, 5.74) is 0. The van der Waals surface area contributed by atoms with Crippen molar-refractivity contribution in [2.24, 2.45) is 0 Å². The third-order valence-electron chi connectivity index (χ3n) is 2.10.